The van der Waals surface area contributed by atoms with E-state index < -0.39 is 6.04 Å². The quantitative estimate of drug-likeness (QED) is 0.690. The molecule has 1 aliphatic rings. The number of hydrogen-bond donors (Lipinski definition) is 2. The molecule has 0 bridgehead atoms. The summed E-state index contributed by atoms with van der Waals surface area (Å²) in [4.78, 5) is 25.0. The minimum absolute atomic E-state index is 0.0186. The third kappa shape index (κ3) is 3.34. The lowest BCUT2D eigenvalue weighted by atomic mass is 10.1. The van der Waals surface area contributed by atoms with Gasteiger partial charge in [-0.3, -0.25) is 9.59 Å². The number of benzene rings is 2. The van der Waals surface area contributed by atoms with Crippen LogP contribution in [0.3, 0.4) is 0 Å². The number of hydrogen-bond acceptors (Lipinski definition) is 4. The molecule has 1 unspecified atom stereocenters. The summed E-state index contributed by atoms with van der Waals surface area (Å²) in [6, 6.07) is 16.2. The van der Waals surface area contributed by atoms with Crippen molar-refractivity contribution in [2.24, 2.45) is 0 Å². The highest BCUT2D eigenvalue weighted by molar-refractivity contribution is 6.04. The molecule has 7 heteroatoms. The molecule has 7 nitrogen and oxygen atoms in total. The number of nitrogens with zero attached hydrogens (tertiary/aromatic N) is 2. The molecule has 4 rings (SSSR count). The van der Waals surface area contributed by atoms with Gasteiger partial charge in [-0.15, -0.1) is 0 Å². The van der Waals surface area contributed by atoms with Gasteiger partial charge in [0.2, 0.25) is 5.91 Å². The number of para-hydroxylation sites is 2. The van der Waals surface area contributed by atoms with Gasteiger partial charge in [0.05, 0.1) is 24.9 Å². The number of fused-ring (bicyclic) bond motifs is 1. The van der Waals surface area contributed by atoms with Crippen LogP contribution >= 0.6 is 0 Å². The van der Waals surface area contributed by atoms with Crippen LogP contribution in [0.4, 0.5) is 11.5 Å². The average Bonchev–Trinajstić information content (AvgIpc) is 3.24. The van der Waals surface area contributed by atoms with Crippen molar-refractivity contribution in [1.29, 1.82) is 0 Å². The summed E-state index contributed by atoms with van der Waals surface area (Å²) in [5.41, 5.74) is 2.37. The van der Waals surface area contributed by atoms with Gasteiger partial charge in [0.1, 0.15) is 17.6 Å². The molecule has 0 radical (unpaired) electrons. The van der Waals surface area contributed by atoms with E-state index in [4.69, 9.17) is 4.74 Å². The lowest BCUT2D eigenvalue weighted by molar-refractivity contribution is -0.123. The second kappa shape index (κ2) is 7.56. The Kier molecular flexibility index (Phi) is 4.80. The molecule has 142 valence electrons. The predicted molar refractivity (Wildman–Crippen MR) is 106 cm³/mol. The van der Waals surface area contributed by atoms with E-state index in [1.54, 1.807) is 23.0 Å². The Morgan fingerprint density at radius 2 is 1.93 bits per heavy atom. The molecular formula is C21H20N4O3. The summed E-state index contributed by atoms with van der Waals surface area (Å²) >= 11 is 0. The van der Waals surface area contributed by atoms with Crippen molar-refractivity contribution < 1.29 is 14.3 Å². The first kappa shape index (κ1) is 17.8. The zero-order valence-electron chi connectivity index (χ0n) is 15.4. The van der Waals surface area contributed by atoms with Crippen molar-refractivity contribution in [3.63, 3.8) is 0 Å². The molecule has 0 saturated carbocycles. The summed E-state index contributed by atoms with van der Waals surface area (Å²) in [6.07, 6.45) is 1.69. The predicted octanol–water partition coefficient (Wildman–Crippen LogP) is 3.47. The van der Waals surface area contributed by atoms with Crippen LogP contribution in [0, 0.1) is 0 Å². The van der Waals surface area contributed by atoms with Crippen molar-refractivity contribution >= 4 is 23.3 Å². The molecule has 1 atom stereocenters. The van der Waals surface area contributed by atoms with Gasteiger partial charge >= 0.3 is 0 Å². The van der Waals surface area contributed by atoms with Gasteiger partial charge in [0.15, 0.2) is 0 Å². The highest BCUT2D eigenvalue weighted by Gasteiger charge is 2.35. The largest absolute Gasteiger partial charge is 0.492 e. The van der Waals surface area contributed by atoms with Crippen molar-refractivity contribution in [2.45, 2.75) is 19.4 Å². The van der Waals surface area contributed by atoms with Crippen molar-refractivity contribution in [3.8, 4) is 16.9 Å². The molecule has 0 aliphatic carbocycles. The highest BCUT2D eigenvalue weighted by Crippen LogP contribution is 2.35. The molecule has 1 aromatic heterocycles. The summed E-state index contributed by atoms with van der Waals surface area (Å²) in [5, 5.41) is 10.0. The molecule has 0 spiro atoms. The van der Waals surface area contributed by atoms with E-state index in [1.807, 2.05) is 49.4 Å². The number of anilines is 2. The summed E-state index contributed by atoms with van der Waals surface area (Å²) < 4.78 is 7.11. The summed E-state index contributed by atoms with van der Waals surface area (Å²) in [5.74, 6) is 0.689. The van der Waals surface area contributed by atoms with E-state index in [0.717, 1.165) is 11.1 Å². The lowest BCUT2D eigenvalue weighted by Crippen LogP contribution is -2.23. The van der Waals surface area contributed by atoms with Gasteiger partial charge in [-0.1, -0.05) is 42.5 Å². The fraction of sp³-hybridized carbons (Fsp3) is 0.190. The summed E-state index contributed by atoms with van der Waals surface area (Å²) in [6.45, 7) is 2.38. The van der Waals surface area contributed by atoms with Crippen LogP contribution < -0.4 is 15.4 Å². The zero-order valence-corrected chi connectivity index (χ0v) is 15.4. The fourth-order valence-corrected chi connectivity index (χ4v) is 3.27. The molecule has 2 amide bonds. The van der Waals surface area contributed by atoms with Gasteiger partial charge in [-0.2, -0.15) is 5.10 Å². The van der Waals surface area contributed by atoms with Crippen LogP contribution in [-0.2, 0) is 9.59 Å². The van der Waals surface area contributed by atoms with Crippen LogP contribution in [0.5, 0.6) is 5.75 Å². The second-order valence-corrected chi connectivity index (χ2v) is 6.40. The number of carbonyl (C=O) groups is 2. The molecule has 2 heterocycles. The van der Waals surface area contributed by atoms with Crippen molar-refractivity contribution in [1.82, 2.24) is 9.78 Å². The summed E-state index contributed by atoms with van der Waals surface area (Å²) in [7, 11) is 0. The molecule has 3 aromatic rings. The maximum absolute atomic E-state index is 12.6. The third-order valence-electron chi connectivity index (χ3n) is 4.56. The minimum atomic E-state index is -0.688. The number of carbonyl (C=O) groups excluding carboxylic acids is 2. The minimum Gasteiger partial charge on any atom is -0.492 e. The van der Waals surface area contributed by atoms with Crippen LogP contribution in [-0.4, -0.2) is 28.2 Å². The van der Waals surface area contributed by atoms with Crippen LogP contribution in [0.1, 0.15) is 19.4 Å². The van der Waals surface area contributed by atoms with E-state index >= 15 is 0 Å². The smallest absolute Gasteiger partial charge is 0.251 e. The molecular weight excluding hydrogens is 356 g/mol. The van der Waals surface area contributed by atoms with Gasteiger partial charge in [-0.25, -0.2) is 4.68 Å². The average molecular weight is 376 g/mol. The number of rotatable bonds is 6. The normalized spacial score (nSPS) is 15.0. The number of nitrogens with one attached hydrogen (secondary N) is 2. The Labute approximate surface area is 162 Å². The van der Waals surface area contributed by atoms with E-state index in [-0.39, 0.29) is 18.2 Å². The maximum atomic E-state index is 12.6. The highest BCUT2D eigenvalue weighted by atomic mass is 16.5. The molecule has 0 saturated heterocycles. The fourth-order valence-electron chi connectivity index (χ4n) is 3.27. The first-order chi connectivity index (χ1) is 13.7. The standard InChI is InChI=1S/C21H20N4O3/c1-2-28-18-11-7-6-10-16(18)23-19(26)12-17-21(27)24-20-15(13-22-25(17)20)14-8-4-3-5-9-14/h3-11,13,17H,2,12H2,1H3,(H,23,26)(H,24,27). The Morgan fingerprint density at radius 1 is 1.18 bits per heavy atom. The van der Waals surface area contributed by atoms with Gasteiger partial charge in [-0.05, 0) is 24.6 Å². The number of amides is 2. The molecule has 28 heavy (non-hydrogen) atoms. The number of ether oxygens (including phenoxy) is 1. The second-order valence-electron chi connectivity index (χ2n) is 6.40. The Bertz CT molecular complexity index is 1010. The Balaban J connectivity index is 1.52. The van der Waals surface area contributed by atoms with Crippen molar-refractivity contribution in [2.75, 3.05) is 17.2 Å². The maximum Gasteiger partial charge on any atom is 0.251 e. The first-order valence-electron chi connectivity index (χ1n) is 9.13. The third-order valence-corrected chi connectivity index (χ3v) is 4.56. The molecule has 0 fully saturated rings. The van der Waals surface area contributed by atoms with Gasteiger partial charge in [0, 0.05) is 5.56 Å². The topological polar surface area (TPSA) is 85.2 Å². The van der Waals surface area contributed by atoms with Gasteiger partial charge in [0.25, 0.3) is 5.91 Å². The molecule has 2 aromatic carbocycles. The lowest BCUT2D eigenvalue weighted by Gasteiger charge is -2.13. The zero-order chi connectivity index (χ0) is 19.5. The van der Waals surface area contributed by atoms with E-state index in [0.29, 0.717) is 23.9 Å². The molecule has 1 aliphatic heterocycles. The Morgan fingerprint density at radius 3 is 2.71 bits per heavy atom. The monoisotopic (exact) mass is 376 g/mol. The van der Waals surface area contributed by atoms with E-state index in [9.17, 15) is 9.59 Å². The molecule has 2 N–H and O–H groups in total. The van der Waals surface area contributed by atoms with E-state index in [1.165, 1.54) is 0 Å². The van der Waals surface area contributed by atoms with E-state index in [2.05, 4.69) is 15.7 Å². The van der Waals surface area contributed by atoms with Crippen molar-refractivity contribution in [3.05, 3.63) is 60.8 Å². The van der Waals surface area contributed by atoms with Crippen LogP contribution in [0.2, 0.25) is 0 Å². The van der Waals surface area contributed by atoms with Crippen LogP contribution in [0.15, 0.2) is 60.8 Å². The number of aromatic nitrogens is 2. The van der Waals surface area contributed by atoms with Crippen LogP contribution in [0.25, 0.3) is 11.1 Å². The Hall–Kier alpha value is -3.61. The SMILES string of the molecule is CCOc1ccccc1NC(=O)CC1C(=O)Nc2c(-c3ccccc3)cnn21. The first-order valence-corrected chi connectivity index (χ1v) is 9.13. The van der Waals surface area contributed by atoms with Gasteiger partial charge < -0.3 is 15.4 Å².